The van der Waals surface area contributed by atoms with Gasteiger partial charge in [0.05, 0.1) is 0 Å². The highest BCUT2D eigenvalue weighted by Gasteiger charge is 2.36. The molecule has 3 N–H and O–H groups in total. The Bertz CT molecular complexity index is 203. The lowest BCUT2D eigenvalue weighted by Gasteiger charge is -2.30. The van der Waals surface area contributed by atoms with Gasteiger partial charge in [0.15, 0.2) is 0 Å². The zero-order valence-corrected chi connectivity index (χ0v) is 10.1. The molecule has 15 heavy (non-hydrogen) atoms. The van der Waals surface area contributed by atoms with Crippen molar-refractivity contribution in [1.82, 2.24) is 10.2 Å². The Kier molecular flexibility index (Phi) is 4.77. The Morgan fingerprint density at radius 2 is 2.33 bits per heavy atom. The molecular weight excluding hydrogens is 186 g/mol. The summed E-state index contributed by atoms with van der Waals surface area (Å²) >= 11 is 0. The molecule has 88 valence electrons. The molecule has 1 saturated heterocycles. The maximum absolute atomic E-state index is 5.90. The highest BCUT2D eigenvalue weighted by atomic mass is 15.2. The van der Waals surface area contributed by atoms with Gasteiger partial charge < -0.3 is 11.1 Å². The van der Waals surface area contributed by atoms with E-state index in [-0.39, 0.29) is 5.54 Å². The van der Waals surface area contributed by atoms with Crippen molar-refractivity contribution in [3.63, 3.8) is 0 Å². The van der Waals surface area contributed by atoms with E-state index in [1.165, 1.54) is 6.42 Å². The second kappa shape index (κ2) is 5.64. The van der Waals surface area contributed by atoms with E-state index in [0.29, 0.717) is 6.04 Å². The van der Waals surface area contributed by atoms with Crippen molar-refractivity contribution in [1.29, 1.82) is 0 Å². The SMILES string of the molecule is C=CCCNC1(CN)CCN(C(C)C)C1. The maximum atomic E-state index is 5.90. The number of likely N-dealkylation sites (tertiary alicyclic amines) is 1. The molecule has 0 aliphatic carbocycles. The number of nitrogens with two attached hydrogens (primary N) is 1. The first-order valence-electron chi connectivity index (χ1n) is 5.93. The van der Waals surface area contributed by atoms with E-state index < -0.39 is 0 Å². The molecule has 1 aliphatic heterocycles. The van der Waals surface area contributed by atoms with E-state index in [4.69, 9.17) is 5.73 Å². The third-order valence-corrected chi connectivity index (χ3v) is 3.35. The molecule has 0 saturated carbocycles. The van der Waals surface area contributed by atoms with E-state index in [9.17, 15) is 0 Å². The monoisotopic (exact) mass is 211 g/mol. The van der Waals surface area contributed by atoms with Crippen molar-refractivity contribution in [3.05, 3.63) is 12.7 Å². The molecule has 1 unspecified atom stereocenters. The van der Waals surface area contributed by atoms with Gasteiger partial charge in [0.1, 0.15) is 0 Å². The quantitative estimate of drug-likeness (QED) is 0.508. The fourth-order valence-electron chi connectivity index (χ4n) is 2.17. The van der Waals surface area contributed by atoms with E-state index in [1.54, 1.807) is 0 Å². The summed E-state index contributed by atoms with van der Waals surface area (Å²) in [5.74, 6) is 0. The van der Waals surface area contributed by atoms with E-state index >= 15 is 0 Å². The smallest absolute Gasteiger partial charge is 0.0445 e. The molecule has 0 aromatic rings. The van der Waals surface area contributed by atoms with Gasteiger partial charge in [-0.1, -0.05) is 6.08 Å². The normalized spacial score (nSPS) is 27.5. The zero-order chi connectivity index (χ0) is 11.3. The molecule has 0 radical (unpaired) electrons. The zero-order valence-electron chi connectivity index (χ0n) is 10.1. The second-order valence-electron chi connectivity index (χ2n) is 4.80. The molecular formula is C12H25N3. The van der Waals surface area contributed by atoms with Crippen molar-refractivity contribution < 1.29 is 0 Å². The maximum Gasteiger partial charge on any atom is 0.0445 e. The van der Waals surface area contributed by atoms with Gasteiger partial charge in [0.2, 0.25) is 0 Å². The number of hydrogen-bond donors (Lipinski definition) is 2. The van der Waals surface area contributed by atoms with Crippen LogP contribution in [0.4, 0.5) is 0 Å². The lowest BCUT2D eigenvalue weighted by molar-refractivity contribution is 0.242. The van der Waals surface area contributed by atoms with E-state index in [2.05, 4.69) is 30.6 Å². The van der Waals surface area contributed by atoms with Gasteiger partial charge in [-0.25, -0.2) is 0 Å². The number of hydrogen-bond acceptors (Lipinski definition) is 3. The summed E-state index contributed by atoms with van der Waals surface area (Å²) in [4.78, 5) is 2.49. The van der Waals surface area contributed by atoms with Crippen LogP contribution in [0.1, 0.15) is 26.7 Å². The van der Waals surface area contributed by atoms with E-state index in [0.717, 1.165) is 32.6 Å². The summed E-state index contributed by atoms with van der Waals surface area (Å²) in [7, 11) is 0. The number of nitrogens with one attached hydrogen (secondary N) is 1. The van der Waals surface area contributed by atoms with Crippen molar-refractivity contribution in [2.45, 2.75) is 38.3 Å². The Morgan fingerprint density at radius 1 is 1.60 bits per heavy atom. The van der Waals surface area contributed by atoms with Gasteiger partial charge in [-0.2, -0.15) is 0 Å². The minimum Gasteiger partial charge on any atom is -0.329 e. The van der Waals surface area contributed by atoms with Crippen molar-refractivity contribution in [3.8, 4) is 0 Å². The first kappa shape index (κ1) is 12.7. The minimum atomic E-state index is 0.146. The van der Waals surface area contributed by atoms with Crippen LogP contribution in [0.15, 0.2) is 12.7 Å². The highest BCUT2D eigenvalue weighted by Crippen LogP contribution is 2.22. The standard InChI is InChI=1S/C12H25N3/c1-4-5-7-14-12(9-13)6-8-15(10-12)11(2)3/h4,11,14H,1,5-10,13H2,2-3H3. The fraction of sp³-hybridized carbons (Fsp3) is 0.833. The highest BCUT2D eigenvalue weighted by molar-refractivity contribution is 4.99. The third-order valence-electron chi connectivity index (χ3n) is 3.35. The predicted octanol–water partition coefficient (Wildman–Crippen LogP) is 0.964. The first-order valence-corrected chi connectivity index (χ1v) is 5.93. The average molecular weight is 211 g/mol. The van der Waals surface area contributed by atoms with Gasteiger partial charge >= 0.3 is 0 Å². The molecule has 1 aliphatic rings. The summed E-state index contributed by atoms with van der Waals surface area (Å²) in [6.45, 7) is 12.2. The minimum absolute atomic E-state index is 0.146. The van der Waals surface area contributed by atoms with Gasteiger partial charge in [0.25, 0.3) is 0 Å². The van der Waals surface area contributed by atoms with Crippen LogP contribution < -0.4 is 11.1 Å². The Balaban J connectivity index is 2.44. The molecule has 1 fully saturated rings. The molecule has 1 heterocycles. The van der Waals surface area contributed by atoms with Crippen molar-refractivity contribution in [2.75, 3.05) is 26.2 Å². The van der Waals surface area contributed by atoms with Crippen LogP contribution in [0.25, 0.3) is 0 Å². The van der Waals surface area contributed by atoms with Crippen LogP contribution in [-0.2, 0) is 0 Å². The van der Waals surface area contributed by atoms with Crippen molar-refractivity contribution in [2.24, 2.45) is 5.73 Å². The Labute approximate surface area is 93.7 Å². The molecule has 0 amide bonds. The molecule has 0 aromatic heterocycles. The van der Waals surface area contributed by atoms with Crippen LogP contribution in [0.3, 0.4) is 0 Å². The van der Waals surface area contributed by atoms with E-state index in [1.807, 2.05) is 6.08 Å². The number of nitrogens with zero attached hydrogens (tertiary/aromatic N) is 1. The third kappa shape index (κ3) is 3.30. The summed E-state index contributed by atoms with van der Waals surface area (Å²) in [6.07, 6.45) is 4.13. The topological polar surface area (TPSA) is 41.3 Å². The van der Waals surface area contributed by atoms with Gasteiger partial charge in [-0.3, -0.25) is 4.90 Å². The van der Waals surface area contributed by atoms with Gasteiger partial charge in [-0.05, 0) is 33.2 Å². The molecule has 0 bridgehead atoms. The lowest BCUT2D eigenvalue weighted by Crippen LogP contribution is -2.53. The van der Waals surface area contributed by atoms with Crippen LogP contribution in [0, 0.1) is 0 Å². The lowest BCUT2D eigenvalue weighted by atomic mass is 9.98. The summed E-state index contributed by atoms with van der Waals surface area (Å²) in [5.41, 5.74) is 6.04. The summed E-state index contributed by atoms with van der Waals surface area (Å²) in [6, 6.07) is 0.625. The number of rotatable bonds is 6. The molecule has 0 aromatic carbocycles. The first-order chi connectivity index (χ1) is 7.13. The van der Waals surface area contributed by atoms with Crippen molar-refractivity contribution >= 4 is 0 Å². The molecule has 3 heteroatoms. The summed E-state index contributed by atoms with van der Waals surface area (Å²) < 4.78 is 0. The molecule has 1 rings (SSSR count). The Hall–Kier alpha value is -0.380. The Morgan fingerprint density at radius 3 is 2.80 bits per heavy atom. The molecule has 0 spiro atoms. The average Bonchev–Trinajstić information content (AvgIpc) is 2.64. The fourth-order valence-corrected chi connectivity index (χ4v) is 2.17. The van der Waals surface area contributed by atoms with Crippen LogP contribution in [0.5, 0.6) is 0 Å². The van der Waals surface area contributed by atoms with Crippen LogP contribution in [0.2, 0.25) is 0 Å². The van der Waals surface area contributed by atoms with Crippen LogP contribution >= 0.6 is 0 Å². The largest absolute Gasteiger partial charge is 0.329 e. The summed E-state index contributed by atoms with van der Waals surface area (Å²) in [5, 5.41) is 3.59. The van der Waals surface area contributed by atoms with Crippen LogP contribution in [-0.4, -0.2) is 42.7 Å². The molecule has 3 nitrogen and oxygen atoms in total. The second-order valence-corrected chi connectivity index (χ2v) is 4.80. The van der Waals surface area contributed by atoms with Gasteiger partial charge in [-0.15, -0.1) is 6.58 Å². The molecule has 1 atom stereocenters. The van der Waals surface area contributed by atoms with Gasteiger partial charge in [0, 0.05) is 31.2 Å². The predicted molar refractivity (Wildman–Crippen MR) is 65.9 cm³/mol.